The number of esters is 1. The van der Waals surface area contributed by atoms with E-state index < -0.39 is 5.97 Å². The van der Waals surface area contributed by atoms with Gasteiger partial charge in [-0.05, 0) is 38.1 Å². The van der Waals surface area contributed by atoms with Crippen molar-refractivity contribution in [3.05, 3.63) is 79.5 Å². The molecule has 2 aromatic carbocycles. The maximum absolute atomic E-state index is 11.6. The summed E-state index contributed by atoms with van der Waals surface area (Å²) < 4.78 is 8.09. The second-order valence-corrected chi connectivity index (χ2v) is 8.01. The van der Waals surface area contributed by atoms with Crippen molar-refractivity contribution in [3.8, 4) is 11.3 Å². The van der Waals surface area contributed by atoms with E-state index in [1.165, 1.54) is 0 Å². The zero-order chi connectivity index (χ0) is 22.1. The molecule has 0 amide bonds. The highest BCUT2D eigenvalue weighted by atomic mass is 79.9. The Balaban J connectivity index is 0.000000214. The van der Waals surface area contributed by atoms with Crippen molar-refractivity contribution in [1.29, 1.82) is 0 Å². The van der Waals surface area contributed by atoms with Gasteiger partial charge in [0.05, 0.1) is 12.3 Å². The minimum atomic E-state index is -0.484. The number of ketones is 1. The smallest absolute Gasteiger partial charge is 0.313 e. The molecule has 3 rings (SSSR count). The molecule has 1 aromatic heterocycles. The Labute approximate surface area is 191 Å². The van der Waals surface area contributed by atoms with Crippen LogP contribution in [-0.4, -0.2) is 28.1 Å². The standard InChI is InChI=1S/C11H11BrN2O.C11H11BrO3/c1-2-14-11(15)7-10(13-14)8-4-3-5-9(12)6-8;1-2-15-11(14)7-10(13)8-4-3-5-9(12)6-8/h3-7,13H,2H2,1H3;3-6H,2,7H2,1H3. The summed E-state index contributed by atoms with van der Waals surface area (Å²) in [5, 5.41) is 3.06. The van der Waals surface area contributed by atoms with Crippen LogP contribution in [0.4, 0.5) is 0 Å². The van der Waals surface area contributed by atoms with Gasteiger partial charge in [-0.3, -0.25) is 24.2 Å². The van der Waals surface area contributed by atoms with Crippen LogP contribution in [0.15, 0.2) is 68.3 Å². The Hall–Kier alpha value is -2.45. The van der Waals surface area contributed by atoms with Crippen LogP contribution in [0.1, 0.15) is 30.6 Å². The van der Waals surface area contributed by atoms with E-state index in [-0.39, 0.29) is 17.8 Å². The first kappa shape index (κ1) is 23.8. The number of aromatic nitrogens is 2. The highest BCUT2D eigenvalue weighted by Gasteiger charge is 2.12. The molecule has 30 heavy (non-hydrogen) atoms. The Bertz CT molecular complexity index is 1070. The number of nitrogens with zero attached hydrogens (tertiary/aromatic N) is 1. The summed E-state index contributed by atoms with van der Waals surface area (Å²) in [5.74, 6) is -0.711. The molecule has 1 heterocycles. The number of nitrogens with one attached hydrogen (secondary N) is 1. The van der Waals surface area contributed by atoms with E-state index in [4.69, 9.17) is 4.74 Å². The molecule has 0 aliphatic rings. The molecule has 1 N–H and O–H groups in total. The number of hydrogen-bond donors (Lipinski definition) is 1. The summed E-state index contributed by atoms with van der Waals surface area (Å²) in [6.45, 7) is 4.60. The topological polar surface area (TPSA) is 81.2 Å². The number of H-pyrrole nitrogens is 1. The number of aryl methyl sites for hydroxylation is 1. The van der Waals surface area contributed by atoms with Gasteiger partial charge in [0.2, 0.25) is 0 Å². The summed E-state index contributed by atoms with van der Waals surface area (Å²) in [5.41, 5.74) is 2.38. The van der Waals surface area contributed by atoms with Crippen molar-refractivity contribution in [2.45, 2.75) is 26.8 Å². The number of halogens is 2. The minimum Gasteiger partial charge on any atom is -0.466 e. The van der Waals surface area contributed by atoms with E-state index in [9.17, 15) is 14.4 Å². The van der Waals surface area contributed by atoms with Crippen LogP contribution in [0.3, 0.4) is 0 Å². The maximum Gasteiger partial charge on any atom is 0.313 e. The Kier molecular flexibility index (Phi) is 9.26. The van der Waals surface area contributed by atoms with Gasteiger partial charge in [0.15, 0.2) is 5.78 Å². The third-order valence-electron chi connectivity index (χ3n) is 4.00. The molecule has 0 radical (unpaired) electrons. The van der Waals surface area contributed by atoms with Crippen molar-refractivity contribution in [2.24, 2.45) is 0 Å². The number of benzene rings is 2. The largest absolute Gasteiger partial charge is 0.466 e. The predicted octanol–water partition coefficient (Wildman–Crippen LogP) is 5.21. The van der Waals surface area contributed by atoms with Gasteiger partial charge in [0.25, 0.3) is 5.56 Å². The van der Waals surface area contributed by atoms with Crippen molar-refractivity contribution < 1.29 is 14.3 Å². The predicted molar refractivity (Wildman–Crippen MR) is 124 cm³/mol. The van der Waals surface area contributed by atoms with Crippen molar-refractivity contribution in [1.82, 2.24) is 9.78 Å². The Morgan fingerprint density at radius 1 is 1.00 bits per heavy atom. The van der Waals surface area contributed by atoms with E-state index in [0.717, 1.165) is 20.2 Å². The summed E-state index contributed by atoms with van der Waals surface area (Å²) in [7, 11) is 0. The third kappa shape index (κ3) is 7.11. The molecule has 0 saturated heterocycles. The van der Waals surface area contributed by atoms with Crippen LogP contribution in [0, 0.1) is 0 Å². The first-order valence-electron chi connectivity index (χ1n) is 9.34. The van der Waals surface area contributed by atoms with Crippen molar-refractivity contribution in [2.75, 3.05) is 6.61 Å². The number of Topliss-reactive ketones (excluding diaryl/α,β-unsaturated/α-hetero) is 1. The normalized spacial score (nSPS) is 10.1. The molecule has 3 aromatic rings. The van der Waals surface area contributed by atoms with E-state index >= 15 is 0 Å². The zero-order valence-electron chi connectivity index (χ0n) is 16.7. The quantitative estimate of drug-likeness (QED) is 0.266. The van der Waals surface area contributed by atoms with Crippen molar-refractivity contribution >= 4 is 43.6 Å². The van der Waals surface area contributed by atoms with Gasteiger partial charge in [-0.15, -0.1) is 0 Å². The SMILES string of the molecule is CCOC(=O)CC(=O)c1cccc(Br)c1.CCn1[nH]c(-c2cccc(Br)c2)cc1=O. The second kappa shape index (κ2) is 11.7. The number of carbonyl (C=O) groups excluding carboxylic acids is 2. The van der Waals surface area contributed by atoms with Crippen LogP contribution >= 0.6 is 31.9 Å². The fraction of sp³-hybridized carbons (Fsp3) is 0.227. The molecule has 0 unspecified atom stereocenters. The molecule has 0 bridgehead atoms. The van der Waals surface area contributed by atoms with Gasteiger partial charge < -0.3 is 4.74 Å². The van der Waals surface area contributed by atoms with Crippen molar-refractivity contribution in [3.63, 3.8) is 0 Å². The monoisotopic (exact) mass is 536 g/mol. The highest BCUT2D eigenvalue weighted by Crippen LogP contribution is 2.20. The maximum atomic E-state index is 11.6. The molecule has 0 aliphatic heterocycles. The van der Waals surface area contributed by atoms with Crippen LogP contribution in [-0.2, 0) is 16.1 Å². The lowest BCUT2D eigenvalue weighted by atomic mass is 10.1. The fourth-order valence-corrected chi connectivity index (χ4v) is 3.38. The first-order chi connectivity index (χ1) is 14.3. The second-order valence-electron chi connectivity index (χ2n) is 6.18. The number of ether oxygens (including phenoxy) is 1. The molecule has 158 valence electrons. The molecule has 6 nitrogen and oxygen atoms in total. The summed E-state index contributed by atoms with van der Waals surface area (Å²) >= 11 is 6.66. The number of rotatable bonds is 6. The molecule has 0 saturated carbocycles. The molecule has 0 fully saturated rings. The van der Waals surface area contributed by atoms with Gasteiger partial charge in [0.1, 0.15) is 6.42 Å². The average molecular weight is 538 g/mol. The van der Waals surface area contributed by atoms with Gasteiger partial charge in [-0.25, -0.2) is 0 Å². The lowest BCUT2D eigenvalue weighted by Gasteiger charge is -2.01. The molecule has 0 spiro atoms. The lowest BCUT2D eigenvalue weighted by Crippen LogP contribution is -2.13. The van der Waals surface area contributed by atoms with Crippen LogP contribution in [0.5, 0.6) is 0 Å². The molecular formula is C22H22Br2N2O4. The van der Waals surface area contributed by atoms with Gasteiger partial charge in [0, 0.05) is 32.7 Å². The highest BCUT2D eigenvalue weighted by molar-refractivity contribution is 9.10. The van der Waals surface area contributed by atoms with Gasteiger partial charge in [-0.1, -0.05) is 56.1 Å². The Morgan fingerprint density at radius 2 is 1.67 bits per heavy atom. The summed E-state index contributed by atoms with van der Waals surface area (Å²) in [4.78, 5) is 34.1. The fourth-order valence-electron chi connectivity index (χ4n) is 2.58. The Morgan fingerprint density at radius 3 is 2.23 bits per heavy atom. The van der Waals surface area contributed by atoms with Crippen LogP contribution in [0.25, 0.3) is 11.3 Å². The lowest BCUT2D eigenvalue weighted by molar-refractivity contribution is -0.141. The zero-order valence-corrected chi connectivity index (χ0v) is 19.8. The number of hydrogen-bond acceptors (Lipinski definition) is 4. The molecule has 8 heteroatoms. The minimum absolute atomic E-state index is 0.00692. The average Bonchev–Trinajstić information content (AvgIpc) is 3.09. The van der Waals surface area contributed by atoms with Gasteiger partial charge >= 0.3 is 5.97 Å². The van der Waals surface area contributed by atoms with E-state index in [1.807, 2.05) is 37.3 Å². The van der Waals surface area contributed by atoms with Crippen LogP contribution < -0.4 is 5.56 Å². The van der Waals surface area contributed by atoms with Crippen LogP contribution in [0.2, 0.25) is 0 Å². The summed E-state index contributed by atoms with van der Waals surface area (Å²) in [6, 6.07) is 16.4. The number of aromatic amines is 1. The molecule has 0 aliphatic carbocycles. The molecule has 0 atom stereocenters. The number of carbonyl (C=O) groups is 2. The summed E-state index contributed by atoms with van der Waals surface area (Å²) in [6.07, 6.45) is -0.204. The third-order valence-corrected chi connectivity index (χ3v) is 4.98. The van der Waals surface area contributed by atoms with E-state index in [0.29, 0.717) is 18.7 Å². The molecular weight excluding hydrogens is 516 g/mol. The first-order valence-corrected chi connectivity index (χ1v) is 10.9. The van der Waals surface area contributed by atoms with Gasteiger partial charge in [-0.2, -0.15) is 0 Å². The van der Waals surface area contributed by atoms with E-state index in [2.05, 4.69) is 37.0 Å². The van der Waals surface area contributed by atoms with E-state index in [1.54, 1.807) is 35.9 Å².